The molecule has 4 nitrogen and oxygen atoms in total. The zero-order chi connectivity index (χ0) is 13.7. The highest BCUT2D eigenvalue weighted by molar-refractivity contribution is 6.33. The van der Waals surface area contributed by atoms with Gasteiger partial charge in [-0.3, -0.25) is 4.79 Å². The highest BCUT2D eigenvalue weighted by atomic mass is 35.5. The molecule has 0 fully saturated rings. The Kier molecular flexibility index (Phi) is 5.54. The summed E-state index contributed by atoms with van der Waals surface area (Å²) in [7, 11) is 0. The molecule has 1 aromatic rings. The molecule has 0 aliphatic heterocycles. The highest BCUT2D eigenvalue weighted by Gasteiger charge is 2.15. The van der Waals surface area contributed by atoms with E-state index in [2.05, 4.69) is 29.1 Å². The Hall–Kier alpha value is -1.16. The molecule has 100 valence electrons. The van der Waals surface area contributed by atoms with Crippen LogP contribution in [-0.2, 0) is 0 Å². The molecule has 1 amide bonds. The minimum atomic E-state index is -0.232. The van der Waals surface area contributed by atoms with Crippen LogP contribution in [0.2, 0.25) is 5.02 Å². The number of amides is 1. The Morgan fingerprint density at radius 1 is 1.44 bits per heavy atom. The molecule has 0 aliphatic carbocycles. The van der Waals surface area contributed by atoms with Crippen molar-refractivity contribution in [2.45, 2.75) is 40.0 Å². The van der Waals surface area contributed by atoms with Crippen LogP contribution in [0.4, 0.5) is 0 Å². The lowest BCUT2D eigenvalue weighted by Gasteiger charge is -2.11. The van der Waals surface area contributed by atoms with Gasteiger partial charge in [-0.15, -0.1) is 0 Å². The fourth-order valence-electron chi connectivity index (χ4n) is 1.31. The summed E-state index contributed by atoms with van der Waals surface area (Å²) in [4.78, 5) is 20.3. The first kappa shape index (κ1) is 14.9. The van der Waals surface area contributed by atoms with Crippen LogP contribution in [0, 0.1) is 5.92 Å². The number of nitrogens with zero attached hydrogens (tertiary/aromatic N) is 2. The molecule has 0 saturated carbocycles. The van der Waals surface area contributed by atoms with Crippen molar-refractivity contribution < 1.29 is 4.79 Å². The number of rotatable bonds is 5. The zero-order valence-corrected chi connectivity index (χ0v) is 12.1. The van der Waals surface area contributed by atoms with Crippen LogP contribution in [0.15, 0.2) is 6.20 Å². The fourth-order valence-corrected chi connectivity index (χ4v) is 1.49. The van der Waals surface area contributed by atoms with Gasteiger partial charge in [0, 0.05) is 12.5 Å². The molecule has 0 saturated heterocycles. The molecule has 0 spiro atoms. The molecule has 5 heteroatoms. The highest BCUT2D eigenvalue weighted by Crippen LogP contribution is 2.16. The van der Waals surface area contributed by atoms with E-state index in [4.69, 9.17) is 11.6 Å². The van der Waals surface area contributed by atoms with Crippen LogP contribution in [0.1, 0.15) is 56.3 Å². The minimum Gasteiger partial charge on any atom is -0.350 e. The third kappa shape index (κ3) is 3.95. The van der Waals surface area contributed by atoms with Gasteiger partial charge in [0.15, 0.2) is 0 Å². The second kappa shape index (κ2) is 6.69. The molecule has 0 bridgehead atoms. The Balaban J connectivity index is 2.81. The van der Waals surface area contributed by atoms with E-state index in [0.29, 0.717) is 23.3 Å². The van der Waals surface area contributed by atoms with Crippen molar-refractivity contribution in [2.75, 3.05) is 6.54 Å². The van der Waals surface area contributed by atoms with Crippen LogP contribution < -0.4 is 5.32 Å². The third-order valence-electron chi connectivity index (χ3n) is 2.80. The maximum absolute atomic E-state index is 12.0. The van der Waals surface area contributed by atoms with Gasteiger partial charge < -0.3 is 5.32 Å². The molecule has 1 atom stereocenters. The summed E-state index contributed by atoms with van der Waals surface area (Å²) in [6, 6.07) is 0. The van der Waals surface area contributed by atoms with E-state index in [1.165, 1.54) is 6.20 Å². The van der Waals surface area contributed by atoms with Gasteiger partial charge in [0.1, 0.15) is 11.5 Å². The molecule has 1 aromatic heterocycles. The quantitative estimate of drug-likeness (QED) is 0.894. The lowest BCUT2D eigenvalue weighted by Crippen LogP contribution is -2.29. The summed E-state index contributed by atoms with van der Waals surface area (Å²) in [5, 5.41) is 3.14. The average Bonchev–Trinajstić information content (AvgIpc) is 2.35. The van der Waals surface area contributed by atoms with Crippen LogP contribution >= 0.6 is 11.6 Å². The van der Waals surface area contributed by atoms with Gasteiger partial charge in [0.05, 0.1) is 11.2 Å². The monoisotopic (exact) mass is 269 g/mol. The van der Waals surface area contributed by atoms with Crippen LogP contribution in [0.3, 0.4) is 0 Å². The van der Waals surface area contributed by atoms with Gasteiger partial charge in [-0.05, 0) is 5.92 Å². The first-order valence-corrected chi connectivity index (χ1v) is 6.64. The number of aromatic nitrogens is 2. The van der Waals surface area contributed by atoms with Crippen molar-refractivity contribution in [3.05, 3.63) is 22.7 Å². The maximum atomic E-state index is 12.0. The van der Waals surface area contributed by atoms with Crippen molar-refractivity contribution in [3.8, 4) is 0 Å². The summed E-state index contributed by atoms with van der Waals surface area (Å²) in [6.45, 7) is 8.76. The van der Waals surface area contributed by atoms with Gasteiger partial charge in [-0.25, -0.2) is 9.97 Å². The van der Waals surface area contributed by atoms with Crippen LogP contribution in [0.5, 0.6) is 0 Å². The third-order valence-corrected chi connectivity index (χ3v) is 3.08. The molecule has 1 N–H and O–H groups in total. The van der Waals surface area contributed by atoms with Crippen LogP contribution in [0.25, 0.3) is 0 Å². The summed E-state index contributed by atoms with van der Waals surface area (Å²) in [6.07, 6.45) is 2.51. The molecule has 0 aliphatic rings. The Bertz CT molecular complexity index is 421. The molecule has 0 aromatic carbocycles. The number of hydrogen-bond acceptors (Lipinski definition) is 3. The van der Waals surface area contributed by atoms with Gasteiger partial charge in [-0.1, -0.05) is 45.7 Å². The fraction of sp³-hybridized carbons (Fsp3) is 0.615. The standard InChI is InChI=1S/C13H20ClN3O/c1-5-9(4)6-16-13(18)11-10(14)7-15-12(17-11)8(2)3/h7-9H,5-6H2,1-4H3,(H,16,18). The molecule has 1 rings (SSSR count). The van der Waals surface area contributed by atoms with Crippen molar-refractivity contribution in [1.82, 2.24) is 15.3 Å². The SMILES string of the molecule is CCC(C)CNC(=O)c1nc(C(C)C)ncc1Cl. The number of halogens is 1. The molecule has 1 unspecified atom stereocenters. The molecular formula is C13H20ClN3O. The normalized spacial score (nSPS) is 12.6. The van der Waals surface area contributed by atoms with Crippen molar-refractivity contribution in [1.29, 1.82) is 0 Å². The van der Waals surface area contributed by atoms with Crippen LogP contribution in [-0.4, -0.2) is 22.4 Å². The predicted molar refractivity (Wildman–Crippen MR) is 72.9 cm³/mol. The van der Waals surface area contributed by atoms with Gasteiger partial charge >= 0.3 is 0 Å². The summed E-state index contributed by atoms with van der Waals surface area (Å²) in [5.74, 6) is 1.01. The topological polar surface area (TPSA) is 54.9 Å². The van der Waals surface area contributed by atoms with Gasteiger partial charge in [0.25, 0.3) is 5.91 Å². The number of carbonyl (C=O) groups excluding carboxylic acids is 1. The Morgan fingerprint density at radius 2 is 2.11 bits per heavy atom. The molecule has 1 heterocycles. The summed E-state index contributed by atoms with van der Waals surface area (Å²) in [5.41, 5.74) is 0.263. The first-order valence-electron chi connectivity index (χ1n) is 6.26. The van der Waals surface area contributed by atoms with E-state index in [9.17, 15) is 4.79 Å². The number of hydrogen-bond donors (Lipinski definition) is 1. The first-order chi connectivity index (χ1) is 8.45. The van der Waals surface area contributed by atoms with E-state index in [-0.39, 0.29) is 17.5 Å². The summed E-state index contributed by atoms with van der Waals surface area (Å²) >= 11 is 5.96. The average molecular weight is 270 g/mol. The second-order valence-electron chi connectivity index (χ2n) is 4.80. The van der Waals surface area contributed by atoms with E-state index < -0.39 is 0 Å². The zero-order valence-electron chi connectivity index (χ0n) is 11.3. The molecular weight excluding hydrogens is 250 g/mol. The Morgan fingerprint density at radius 3 is 2.67 bits per heavy atom. The summed E-state index contributed by atoms with van der Waals surface area (Å²) < 4.78 is 0. The largest absolute Gasteiger partial charge is 0.350 e. The van der Waals surface area contributed by atoms with Crippen molar-refractivity contribution >= 4 is 17.5 Å². The minimum absolute atomic E-state index is 0.170. The number of nitrogens with one attached hydrogen (secondary N) is 1. The number of carbonyl (C=O) groups is 1. The van der Waals surface area contributed by atoms with E-state index in [0.717, 1.165) is 6.42 Å². The predicted octanol–water partition coefficient (Wildman–Crippen LogP) is 3.03. The lowest BCUT2D eigenvalue weighted by molar-refractivity contribution is 0.0942. The van der Waals surface area contributed by atoms with E-state index in [1.54, 1.807) is 0 Å². The van der Waals surface area contributed by atoms with E-state index in [1.807, 2.05) is 13.8 Å². The second-order valence-corrected chi connectivity index (χ2v) is 5.21. The van der Waals surface area contributed by atoms with Gasteiger partial charge in [0.2, 0.25) is 0 Å². The lowest BCUT2D eigenvalue weighted by atomic mass is 10.1. The van der Waals surface area contributed by atoms with E-state index >= 15 is 0 Å². The van der Waals surface area contributed by atoms with Crippen molar-refractivity contribution in [2.24, 2.45) is 5.92 Å². The molecule has 18 heavy (non-hydrogen) atoms. The smallest absolute Gasteiger partial charge is 0.271 e. The van der Waals surface area contributed by atoms with Crippen molar-refractivity contribution in [3.63, 3.8) is 0 Å². The molecule has 0 radical (unpaired) electrons. The Labute approximate surface area is 113 Å². The van der Waals surface area contributed by atoms with Gasteiger partial charge in [-0.2, -0.15) is 0 Å². The maximum Gasteiger partial charge on any atom is 0.271 e.